The maximum Gasteiger partial charge on any atom is 0.0547 e. The monoisotopic (exact) mass is 738 g/mol. The Bertz CT molecular complexity index is 3230. The summed E-state index contributed by atoms with van der Waals surface area (Å²) in [6.45, 7) is 0. The SMILES string of the molecule is c1ccc(-c2ccc(N(c3ccccc3)c3ccc(-c4ccc(-n5c6cccc(-c7ccc8ccccc8c7)c6c6c7ccccc7ccc65)cc4)cc3)cc2)cc1. The molecule has 1 heterocycles. The number of fused-ring (bicyclic) bond motifs is 6. The maximum atomic E-state index is 2.44. The second-order valence-corrected chi connectivity index (χ2v) is 15.0. The highest BCUT2D eigenvalue weighted by Crippen LogP contribution is 2.43. The van der Waals surface area contributed by atoms with Crippen LogP contribution in [0.5, 0.6) is 0 Å². The first-order valence-corrected chi connectivity index (χ1v) is 19.9. The quantitative estimate of drug-likeness (QED) is 0.158. The van der Waals surface area contributed by atoms with Crippen LogP contribution in [0.1, 0.15) is 0 Å². The molecule has 0 fully saturated rings. The van der Waals surface area contributed by atoms with E-state index in [-0.39, 0.29) is 0 Å². The first kappa shape index (κ1) is 33.6. The van der Waals surface area contributed by atoms with Crippen molar-refractivity contribution in [3.05, 3.63) is 231 Å². The van der Waals surface area contributed by atoms with Gasteiger partial charge in [-0.25, -0.2) is 0 Å². The van der Waals surface area contributed by atoms with Gasteiger partial charge in [0.1, 0.15) is 0 Å². The average Bonchev–Trinajstić information content (AvgIpc) is 3.65. The van der Waals surface area contributed by atoms with E-state index in [4.69, 9.17) is 0 Å². The van der Waals surface area contributed by atoms with E-state index in [1.54, 1.807) is 0 Å². The van der Waals surface area contributed by atoms with Gasteiger partial charge in [-0.1, -0.05) is 164 Å². The van der Waals surface area contributed by atoms with Gasteiger partial charge in [0.15, 0.2) is 0 Å². The molecule has 0 unspecified atom stereocenters. The fraction of sp³-hybridized carbons (Fsp3) is 0. The van der Waals surface area contributed by atoms with Gasteiger partial charge in [0, 0.05) is 33.5 Å². The molecule has 0 N–H and O–H groups in total. The van der Waals surface area contributed by atoms with Crippen molar-refractivity contribution in [3.8, 4) is 39.1 Å². The van der Waals surface area contributed by atoms with Crippen LogP contribution in [0.15, 0.2) is 231 Å². The topological polar surface area (TPSA) is 8.17 Å². The summed E-state index contributed by atoms with van der Waals surface area (Å²) in [6, 6.07) is 83.5. The molecule has 2 heteroatoms. The van der Waals surface area contributed by atoms with E-state index in [9.17, 15) is 0 Å². The highest BCUT2D eigenvalue weighted by molar-refractivity contribution is 6.25. The molecule has 0 atom stereocenters. The molecule has 0 saturated carbocycles. The Balaban J connectivity index is 0.978. The zero-order valence-corrected chi connectivity index (χ0v) is 31.8. The third-order valence-electron chi connectivity index (χ3n) is 11.6. The number of para-hydroxylation sites is 1. The lowest BCUT2D eigenvalue weighted by Gasteiger charge is -2.26. The van der Waals surface area contributed by atoms with Crippen LogP contribution >= 0.6 is 0 Å². The molecule has 0 aliphatic heterocycles. The lowest BCUT2D eigenvalue weighted by molar-refractivity contribution is 1.18. The normalized spacial score (nSPS) is 11.4. The summed E-state index contributed by atoms with van der Waals surface area (Å²) in [5.41, 5.74) is 14.1. The van der Waals surface area contributed by atoms with Gasteiger partial charge in [-0.3, -0.25) is 0 Å². The van der Waals surface area contributed by atoms with Crippen molar-refractivity contribution >= 4 is 60.4 Å². The van der Waals surface area contributed by atoms with Gasteiger partial charge in [0.2, 0.25) is 0 Å². The molecule has 0 bridgehead atoms. The summed E-state index contributed by atoms with van der Waals surface area (Å²) >= 11 is 0. The molecular formula is C56H38N2. The van der Waals surface area contributed by atoms with Gasteiger partial charge in [-0.05, 0) is 122 Å². The zero-order valence-electron chi connectivity index (χ0n) is 31.8. The van der Waals surface area contributed by atoms with Crippen LogP contribution < -0.4 is 4.90 Å². The smallest absolute Gasteiger partial charge is 0.0547 e. The summed E-state index contributed by atoms with van der Waals surface area (Å²) in [4.78, 5) is 2.32. The molecule has 10 aromatic carbocycles. The number of anilines is 3. The Morgan fingerprint density at radius 2 is 0.793 bits per heavy atom. The standard InChI is InChI=1S/C56H38N2/c1-3-12-39(13-4-1)41-24-31-48(32-25-41)57(47-17-5-2-6-18-47)49-33-26-42(27-34-49)43-28-35-50(36-29-43)58-53-21-11-20-52(46-23-22-40-14-7-8-16-45(40)38-46)56(53)55-51-19-10-9-15-44(51)30-37-54(55)58/h1-38H. The van der Waals surface area contributed by atoms with Crippen LogP contribution in [-0.2, 0) is 0 Å². The number of benzene rings is 10. The van der Waals surface area contributed by atoms with E-state index < -0.39 is 0 Å². The van der Waals surface area contributed by atoms with Gasteiger partial charge >= 0.3 is 0 Å². The van der Waals surface area contributed by atoms with Crippen molar-refractivity contribution in [2.45, 2.75) is 0 Å². The second-order valence-electron chi connectivity index (χ2n) is 15.0. The van der Waals surface area contributed by atoms with Crippen LogP contribution in [-0.4, -0.2) is 4.57 Å². The Hall–Kier alpha value is -7.68. The third kappa shape index (κ3) is 5.82. The van der Waals surface area contributed by atoms with Crippen molar-refractivity contribution in [1.82, 2.24) is 4.57 Å². The minimum Gasteiger partial charge on any atom is -0.311 e. The molecule has 0 spiro atoms. The first-order valence-electron chi connectivity index (χ1n) is 19.9. The summed E-state index contributed by atoms with van der Waals surface area (Å²) in [7, 11) is 0. The molecule has 2 nitrogen and oxygen atoms in total. The van der Waals surface area contributed by atoms with E-state index in [1.165, 1.54) is 76.7 Å². The van der Waals surface area contributed by atoms with E-state index >= 15 is 0 Å². The minimum absolute atomic E-state index is 1.11. The lowest BCUT2D eigenvalue weighted by Crippen LogP contribution is -2.09. The highest BCUT2D eigenvalue weighted by Gasteiger charge is 2.19. The van der Waals surface area contributed by atoms with Crippen molar-refractivity contribution < 1.29 is 0 Å². The Morgan fingerprint density at radius 1 is 0.293 bits per heavy atom. The van der Waals surface area contributed by atoms with Crippen LogP contribution in [0.4, 0.5) is 17.1 Å². The van der Waals surface area contributed by atoms with Crippen molar-refractivity contribution in [3.63, 3.8) is 0 Å². The first-order chi connectivity index (χ1) is 28.8. The summed E-state index contributed by atoms with van der Waals surface area (Å²) in [5, 5.41) is 7.58. The molecule has 58 heavy (non-hydrogen) atoms. The molecule has 0 saturated heterocycles. The van der Waals surface area contributed by atoms with Gasteiger partial charge in [-0.2, -0.15) is 0 Å². The number of rotatable bonds is 7. The van der Waals surface area contributed by atoms with Crippen molar-refractivity contribution in [2.24, 2.45) is 0 Å². The number of hydrogen-bond donors (Lipinski definition) is 0. The van der Waals surface area contributed by atoms with Gasteiger partial charge in [0.25, 0.3) is 0 Å². The number of nitrogens with zero attached hydrogens (tertiary/aromatic N) is 2. The van der Waals surface area contributed by atoms with Crippen LogP contribution in [0.3, 0.4) is 0 Å². The third-order valence-corrected chi connectivity index (χ3v) is 11.6. The van der Waals surface area contributed by atoms with Crippen molar-refractivity contribution in [1.29, 1.82) is 0 Å². The maximum absolute atomic E-state index is 2.44. The molecule has 11 rings (SSSR count). The fourth-order valence-corrected chi connectivity index (χ4v) is 8.77. The van der Waals surface area contributed by atoms with Crippen LogP contribution in [0.2, 0.25) is 0 Å². The highest BCUT2D eigenvalue weighted by atomic mass is 15.1. The van der Waals surface area contributed by atoms with E-state index in [2.05, 4.69) is 240 Å². The molecule has 0 aliphatic rings. The van der Waals surface area contributed by atoms with E-state index in [0.29, 0.717) is 0 Å². The van der Waals surface area contributed by atoms with Crippen LogP contribution in [0, 0.1) is 0 Å². The lowest BCUT2D eigenvalue weighted by atomic mass is 9.95. The number of aromatic nitrogens is 1. The van der Waals surface area contributed by atoms with Gasteiger partial charge in [-0.15, -0.1) is 0 Å². The summed E-state index contributed by atoms with van der Waals surface area (Å²) in [6.07, 6.45) is 0. The Kier molecular flexibility index (Phi) is 8.19. The zero-order chi connectivity index (χ0) is 38.4. The van der Waals surface area contributed by atoms with Crippen LogP contribution in [0.25, 0.3) is 82.4 Å². The van der Waals surface area contributed by atoms with Crippen molar-refractivity contribution in [2.75, 3.05) is 4.90 Å². The predicted molar refractivity (Wildman–Crippen MR) is 247 cm³/mol. The number of hydrogen-bond acceptors (Lipinski definition) is 1. The largest absolute Gasteiger partial charge is 0.311 e. The Labute approximate surface area is 338 Å². The Morgan fingerprint density at radius 3 is 1.48 bits per heavy atom. The minimum atomic E-state index is 1.11. The molecule has 0 aliphatic carbocycles. The van der Waals surface area contributed by atoms with E-state index in [1.807, 2.05) is 0 Å². The van der Waals surface area contributed by atoms with E-state index in [0.717, 1.165) is 22.7 Å². The molecule has 1 aromatic heterocycles. The summed E-state index contributed by atoms with van der Waals surface area (Å²) < 4.78 is 2.44. The summed E-state index contributed by atoms with van der Waals surface area (Å²) in [5.74, 6) is 0. The van der Waals surface area contributed by atoms with Gasteiger partial charge in [0.05, 0.1) is 11.0 Å². The molecule has 0 amide bonds. The van der Waals surface area contributed by atoms with Gasteiger partial charge < -0.3 is 9.47 Å². The molecule has 0 radical (unpaired) electrons. The predicted octanol–water partition coefficient (Wildman–Crippen LogP) is 15.6. The molecule has 11 aromatic rings. The fourth-order valence-electron chi connectivity index (χ4n) is 8.77. The average molecular weight is 739 g/mol. The molecule has 272 valence electrons. The second kappa shape index (κ2) is 14.1. The molecular weight excluding hydrogens is 701 g/mol.